The Bertz CT molecular complexity index is 1830. The van der Waals surface area contributed by atoms with Crippen molar-refractivity contribution in [1.29, 1.82) is 0 Å². The van der Waals surface area contributed by atoms with Gasteiger partial charge in [-0.15, -0.1) is 14.8 Å². The van der Waals surface area contributed by atoms with Crippen LogP contribution in [0, 0.1) is 0 Å². The van der Waals surface area contributed by atoms with Crippen molar-refractivity contribution in [1.82, 2.24) is 25.1 Å². The first-order chi connectivity index (χ1) is 20.6. The van der Waals surface area contributed by atoms with E-state index in [0.29, 0.717) is 6.07 Å². The number of hydrogen-bond acceptors (Lipinski definition) is 7. The third kappa shape index (κ3) is 5.35. The van der Waals surface area contributed by atoms with E-state index in [1.165, 1.54) is 12.1 Å². The fourth-order valence-corrected chi connectivity index (χ4v) is 4.57. The molecule has 1 aliphatic carbocycles. The van der Waals surface area contributed by atoms with Crippen molar-refractivity contribution in [3.8, 4) is 28.1 Å². The quantitative estimate of drug-likeness (QED) is 0.187. The minimum absolute atomic E-state index is 0.0324. The van der Waals surface area contributed by atoms with Crippen LogP contribution in [-0.4, -0.2) is 50.5 Å². The van der Waals surface area contributed by atoms with Gasteiger partial charge in [0.05, 0.1) is 18.2 Å². The number of aromatic nitrogens is 4. The maximum Gasteiger partial charge on any atom is 0.417 e. The van der Waals surface area contributed by atoms with Gasteiger partial charge in [0, 0.05) is 16.8 Å². The molecule has 2 amide bonds. The van der Waals surface area contributed by atoms with Crippen molar-refractivity contribution in [3.05, 3.63) is 66.3 Å². The van der Waals surface area contributed by atoms with E-state index in [2.05, 4.69) is 21.8 Å². The predicted molar refractivity (Wildman–Crippen MR) is 142 cm³/mol. The number of carbonyl (C=O) groups excluding carboxylic acids is 2. The van der Waals surface area contributed by atoms with Crippen molar-refractivity contribution in [3.63, 3.8) is 0 Å². The van der Waals surface area contributed by atoms with Gasteiger partial charge in [0.2, 0.25) is 0 Å². The lowest BCUT2D eigenvalue weighted by Crippen LogP contribution is -2.47. The fraction of sp³-hybridized carbons (Fsp3) is 0.222. The number of amides is 2. The standard InChI is InChI=1S/C27H20F7N7O3/c1-12(28)23(42)38-14-4-6-15(17(10-14)26(29,30)31)20-19(21-22(35)36-11-37-41(21)40-20)13-3-5-16(18(9-13)44-2)24(43)39-25(7-8-25)27(32,33)34/h3-6,9-11H,1,7-8H2,2H3,(H,38,42)(H,39,43)(H2,35,36,37). The fourth-order valence-electron chi connectivity index (χ4n) is 4.57. The van der Waals surface area contributed by atoms with Crippen molar-refractivity contribution in [2.24, 2.45) is 0 Å². The summed E-state index contributed by atoms with van der Waals surface area (Å²) in [5, 5.41) is 12.1. The average Bonchev–Trinajstić information content (AvgIpc) is 3.64. The van der Waals surface area contributed by atoms with Crippen molar-refractivity contribution >= 4 is 28.8 Å². The van der Waals surface area contributed by atoms with Crippen molar-refractivity contribution < 1.29 is 45.1 Å². The second-order valence-electron chi connectivity index (χ2n) is 9.77. The van der Waals surface area contributed by atoms with Crippen LogP contribution in [0.4, 0.5) is 42.2 Å². The monoisotopic (exact) mass is 623 g/mol. The molecule has 0 spiro atoms. The van der Waals surface area contributed by atoms with E-state index >= 15 is 0 Å². The van der Waals surface area contributed by atoms with Crippen LogP contribution in [0.15, 0.2) is 55.1 Å². The van der Waals surface area contributed by atoms with Gasteiger partial charge in [0.15, 0.2) is 11.6 Å². The lowest BCUT2D eigenvalue weighted by atomic mass is 9.95. The van der Waals surface area contributed by atoms with Gasteiger partial charge in [0.25, 0.3) is 11.8 Å². The van der Waals surface area contributed by atoms with E-state index in [4.69, 9.17) is 10.5 Å². The minimum Gasteiger partial charge on any atom is -0.496 e. The predicted octanol–water partition coefficient (Wildman–Crippen LogP) is 5.31. The maximum absolute atomic E-state index is 14.3. The van der Waals surface area contributed by atoms with E-state index in [-0.39, 0.29) is 58.0 Å². The van der Waals surface area contributed by atoms with Crippen LogP contribution in [0.5, 0.6) is 5.75 Å². The molecular formula is C27H20F7N7O3. The first-order valence-corrected chi connectivity index (χ1v) is 12.5. The highest BCUT2D eigenvalue weighted by atomic mass is 19.4. The second kappa shape index (κ2) is 10.5. The van der Waals surface area contributed by atoms with E-state index in [1.807, 2.05) is 10.6 Å². The van der Waals surface area contributed by atoms with Crippen LogP contribution in [0.3, 0.4) is 0 Å². The highest BCUT2D eigenvalue weighted by Gasteiger charge is 2.64. The van der Waals surface area contributed by atoms with Crippen LogP contribution in [0.25, 0.3) is 27.9 Å². The molecule has 0 saturated heterocycles. The number of fused-ring (bicyclic) bond motifs is 1. The molecule has 0 atom stereocenters. The number of benzene rings is 2. The smallest absolute Gasteiger partial charge is 0.417 e. The summed E-state index contributed by atoms with van der Waals surface area (Å²) in [6.45, 7) is 2.80. The Kier molecular flexibility index (Phi) is 7.21. The molecule has 2 aromatic heterocycles. The molecule has 1 saturated carbocycles. The number of ether oxygens (including phenoxy) is 1. The summed E-state index contributed by atoms with van der Waals surface area (Å²) in [4.78, 5) is 28.4. The molecule has 0 bridgehead atoms. The number of methoxy groups -OCH3 is 1. The summed E-state index contributed by atoms with van der Waals surface area (Å²) < 4.78 is 103. The van der Waals surface area contributed by atoms with Gasteiger partial charge >= 0.3 is 12.4 Å². The molecule has 5 rings (SSSR count). The molecular weight excluding hydrogens is 603 g/mol. The molecule has 0 aliphatic heterocycles. The Morgan fingerprint density at radius 3 is 2.39 bits per heavy atom. The number of hydrogen-bond donors (Lipinski definition) is 3. The van der Waals surface area contributed by atoms with Gasteiger partial charge in [-0.05, 0) is 42.7 Å². The summed E-state index contributed by atoms with van der Waals surface area (Å²) in [6.07, 6.45) is -9.25. The summed E-state index contributed by atoms with van der Waals surface area (Å²) in [6, 6.07) is 6.28. The first-order valence-electron chi connectivity index (χ1n) is 12.5. The molecule has 4 N–H and O–H groups in total. The Hall–Kier alpha value is -5.22. The zero-order valence-corrected chi connectivity index (χ0v) is 22.4. The summed E-state index contributed by atoms with van der Waals surface area (Å²) in [5.74, 6) is -4.22. The van der Waals surface area contributed by atoms with E-state index < -0.39 is 46.7 Å². The highest BCUT2D eigenvalue weighted by Crippen LogP contribution is 2.49. The molecule has 1 aliphatic rings. The number of nitrogens with one attached hydrogen (secondary N) is 2. The zero-order valence-electron chi connectivity index (χ0n) is 22.4. The number of nitrogen functional groups attached to an aromatic ring is 1. The molecule has 2 heterocycles. The largest absolute Gasteiger partial charge is 0.496 e. The second-order valence-corrected chi connectivity index (χ2v) is 9.77. The van der Waals surface area contributed by atoms with Crippen LogP contribution >= 0.6 is 0 Å². The lowest BCUT2D eigenvalue weighted by molar-refractivity contribution is -0.163. The average molecular weight is 623 g/mol. The minimum atomic E-state index is -5.01. The van der Waals surface area contributed by atoms with Gasteiger partial charge in [0.1, 0.15) is 28.8 Å². The third-order valence-electron chi connectivity index (χ3n) is 6.93. The molecule has 10 nitrogen and oxygen atoms in total. The van der Waals surface area contributed by atoms with Gasteiger partial charge in [-0.25, -0.2) is 9.37 Å². The molecule has 1 fully saturated rings. The maximum atomic E-state index is 14.3. The highest BCUT2D eigenvalue weighted by molar-refractivity contribution is 6.03. The Labute approximate surface area is 242 Å². The van der Waals surface area contributed by atoms with Crippen molar-refractivity contribution in [2.75, 3.05) is 18.2 Å². The molecule has 230 valence electrons. The number of nitrogens with two attached hydrogens (primary N) is 1. The molecule has 0 unspecified atom stereocenters. The van der Waals surface area contributed by atoms with Crippen LogP contribution in [-0.2, 0) is 11.0 Å². The van der Waals surface area contributed by atoms with Gasteiger partial charge in [-0.3, -0.25) is 9.59 Å². The molecule has 4 aromatic rings. The number of anilines is 2. The number of rotatable bonds is 7. The number of alkyl halides is 6. The summed E-state index contributed by atoms with van der Waals surface area (Å²) in [7, 11) is 1.15. The van der Waals surface area contributed by atoms with Gasteiger partial charge in [-0.1, -0.05) is 18.7 Å². The molecule has 2 aromatic carbocycles. The van der Waals surface area contributed by atoms with Crippen LogP contribution in [0.2, 0.25) is 0 Å². The Balaban J connectivity index is 1.67. The van der Waals surface area contributed by atoms with Gasteiger partial charge < -0.3 is 21.1 Å². The Morgan fingerprint density at radius 1 is 1.09 bits per heavy atom. The topological polar surface area (TPSA) is 137 Å². The normalized spacial score (nSPS) is 14.3. The Morgan fingerprint density at radius 2 is 1.80 bits per heavy atom. The molecule has 17 heteroatoms. The third-order valence-corrected chi connectivity index (χ3v) is 6.93. The van der Waals surface area contributed by atoms with Crippen LogP contribution in [0.1, 0.15) is 28.8 Å². The van der Waals surface area contributed by atoms with E-state index in [0.717, 1.165) is 36.3 Å². The van der Waals surface area contributed by atoms with E-state index in [1.54, 1.807) is 0 Å². The van der Waals surface area contributed by atoms with E-state index in [9.17, 15) is 40.3 Å². The molecule has 0 radical (unpaired) electrons. The zero-order chi connectivity index (χ0) is 32.2. The van der Waals surface area contributed by atoms with Crippen LogP contribution < -0.4 is 21.1 Å². The number of halogens is 7. The first kappa shape index (κ1) is 30.2. The summed E-state index contributed by atoms with van der Waals surface area (Å²) >= 11 is 0. The lowest BCUT2D eigenvalue weighted by Gasteiger charge is -2.21. The summed E-state index contributed by atoms with van der Waals surface area (Å²) in [5.41, 5.74) is 0.977. The molecule has 44 heavy (non-hydrogen) atoms. The van der Waals surface area contributed by atoms with Crippen molar-refractivity contribution in [2.45, 2.75) is 30.7 Å². The van der Waals surface area contributed by atoms with Gasteiger partial charge in [-0.2, -0.15) is 26.3 Å². The number of carbonyl (C=O) groups is 2. The SMILES string of the molecule is C=C(F)C(=O)Nc1ccc(-c2nn3ncnc(N)c3c2-c2ccc(C(=O)NC3(C(F)(F)F)CC3)c(OC)c2)c(C(F)(F)F)c1. The number of nitrogens with zero attached hydrogens (tertiary/aromatic N) is 4.